The summed E-state index contributed by atoms with van der Waals surface area (Å²) in [7, 11) is 1.38. The maximum absolute atomic E-state index is 10.9. The highest BCUT2D eigenvalue weighted by molar-refractivity contribution is 8.01. The quantitative estimate of drug-likeness (QED) is 0.770. The summed E-state index contributed by atoms with van der Waals surface area (Å²) in [5, 5.41) is 2.04. The molecule has 0 aliphatic carbocycles. The first kappa shape index (κ1) is 18.8. The zero-order chi connectivity index (χ0) is 14.4. The third-order valence-corrected chi connectivity index (χ3v) is 2.29. The smallest absolute Gasteiger partial charge is 0.337 e. The van der Waals surface area contributed by atoms with Crippen LogP contribution in [0.15, 0.2) is 35.7 Å². The van der Waals surface area contributed by atoms with Gasteiger partial charge < -0.3 is 9.53 Å². The molecule has 0 bridgehead atoms. The molecule has 0 fully saturated rings. The fourth-order valence-corrected chi connectivity index (χ4v) is 1.22. The lowest BCUT2D eigenvalue weighted by molar-refractivity contribution is -0.0980. The number of rotatable bonds is 2. The lowest BCUT2D eigenvalue weighted by Gasteiger charge is -1.97. The maximum atomic E-state index is 10.9. The number of benzene rings is 1. The van der Waals surface area contributed by atoms with Gasteiger partial charge in [0.05, 0.1) is 12.7 Å². The Morgan fingerprint density at radius 3 is 2.06 bits per heavy atom. The first-order valence-electron chi connectivity index (χ1n) is 5.23. The molecule has 1 rings (SSSR count). The van der Waals surface area contributed by atoms with Gasteiger partial charge in [-0.2, -0.15) is 0 Å². The first-order valence-corrected chi connectivity index (χ1v) is 6.52. The van der Waals surface area contributed by atoms with Crippen molar-refractivity contribution in [2.75, 3.05) is 13.4 Å². The molecule has 0 unspecified atom stereocenters. The Morgan fingerprint density at radius 2 is 1.78 bits per heavy atom. The molecule has 1 aromatic carbocycles. The van der Waals surface area contributed by atoms with Gasteiger partial charge >= 0.3 is 5.97 Å². The number of ether oxygens (including phenoxy) is 1. The van der Waals surface area contributed by atoms with E-state index in [2.05, 4.69) is 4.74 Å². The first-order chi connectivity index (χ1) is 8.65. The van der Waals surface area contributed by atoms with Gasteiger partial charge in [0.1, 0.15) is 6.79 Å². The third-order valence-electron chi connectivity index (χ3n) is 1.74. The fourth-order valence-electron chi connectivity index (χ4n) is 0.944. The minimum Gasteiger partial charge on any atom is -0.465 e. The van der Waals surface area contributed by atoms with E-state index < -0.39 is 0 Å². The second-order valence-electron chi connectivity index (χ2n) is 3.06. The molecule has 0 atom stereocenters. The molecule has 1 aromatic rings. The second kappa shape index (κ2) is 13.5. The van der Waals surface area contributed by atoms with E-state index in [0.717, 1.165) is 5.56 Å². The summed E-state index contributed by atoms with van der Waals surface area (Å²) in [4.78, 5) is 18.9. The Kier molecular flexibility index (Phi) is 14.1. The van der Waals surface area contributed by atoms with Gasteiger partial charge in [0.2, 0.25) is 0 Å². The summed E-state index contributed by atoms with van der Waals surface area (Å²) in [6, 6.07) is 7.26. The molecule has 0 N–H and O–H groups in total. The van der Waals surface area contributed by atoms with Gasteiger partial charge in [-0.25, -0.2) is 4.79 Å². The topological polar surface area (TPSA) is 43.4 Å². The molecule has 3 nitrogen and oxygen atoms in total. The van der Waals surface area contributed by atoms with Crippen molar-refractivity contribution in [1.29, 1.82) is 0 Å². The van der Waals surface area contributed by atoms with Crippen molar-refractivity contribution >= 4 is 24.5 Å². The summed E-state index contributed by atoms with van der Waals surface area (Å²) < 4.78 is 4.54. The van der Waals surface area contributed by atoms with E-state index in [-0.39, 0.29) is 5.97 Å². The van der Waals surface area contributed by atoms with Crippen LogP contribution in [0.3, 0.4) is 0 Å². The number of hydrogen-bond donors (Lipinski definition) is 0. The molecule has 0 amide bonds. The summed E-state index contributed by atoms with van der Waals surface area (Å²) in [5.41, 5.74) is 1.73. The average molecular weight is 268 g/mol. The Hall–Kier alpha value is -1.55. The molecule has 0 saturated carbocycles. The molecule has 0 spiro atoms. The number of allylic oxidation sites excluding steroid dienone is 1. The number of esters is 1. The molecule has 100 valence electrons. The Bertz CT molecular complexity index is 345. The van der Waals surface area contributed by atoms with Crippen molar-refractivity contribution in [2.24, 2.45) is 0 Å². The van der Waals surface area contributed by atoms with Crippen LogP contribution in [0.4, 0.5) is 0 Å². The summed E-state index contributed by atoms with van der Waals surface area (Å²) >= 11 is 1.72. The van der Waals surface area contributed by atoms with E-state index in [1.165, 1.54) is 7.11 Å². The van der Waals surface area contributed by atoms with Crippen molar-refractivity contribution in [3.05, 3.63) is 46.9 Å². The van der Waals surface area contributed by atoms with Gasteiger partial charge in [-0.1, -0.05) is 23.8 Å². The molecule has 0 aliphatic rings. The predicted octanol–water partition coefficient (Wildman–Crippen LogP) is 3.48. The summed E-state index contributed by atoms with van der Waals surface area (Å²) in [5.74, 6) is -0.287. The van der Waals surface area contributed by atoms with Crippen LogP contribution in [0.1, 0.15) is 22.8 Å². The zero-order valence-corrected chi connectivity index (χ0v) is 12.1. The number of aryl methyl sites for hydroxylation is 1. The molecule has 4 heteroatoms. The highest BCUT2D eigenvalue weighted by atomic mass is 32.2. The Balaban J connectivity index is 0. The molecule has 0 aliphatic heterocycles. The van der Waals surface area contributed by atoms with Gasteiger partial charge in [-0.05, 0) is 37.6 Å². The van der Waals surface area contributed by atoms with Crippen LogP contribution >= 0.6 is 11.8 Å². The molecular formula is C14H20O3S. The van der Waals surface area contributed by atoms with E-state index in [1.807, 2.05) is 50.5 Å². The molecule has 0 saturated heterocycles. The van der Waals surface area contributed by atoms with Gasteiger partial charge in [0.15, 0.2) is 0 Å². The zero-order valence-electron chi connectivity index (χ0n) is 11.3. The van der Waals surface area contributed by atoms with Crippen molar-refractivity contribution in [3.8, 4) is 0 Å². The molecule has 18 heavy (non-hydrogen) atoms. The van der Waals surface area contributed by atoms with Crippen LogP contribution in [0, 0.1) is 6.92 Å². The highest BCUT2D eigenvalue weighted by Gasteiger charge is 2.01. The number of hydrogen-bond acceptors (Lipinski definition) is 4. The molecular weight excluding hydrogens is 248 g/mol. The van der Waals surface area contributed by atoms with E-state index in [1.54, 1.807) is 23.9 Å². The summed E-state index contributed by atoms with van der Waals surface area (Å²) in [6.07, 6.45) is 4.06. The van der Waals surface area contributed by atoms with Gasteiger partial charge in [-0.3, -0.25) is 0 Å². The van der Waals surface area contributed by atoms with Crippen LogP contribution < -0.4 is 0 Å². The third kappa shape index (κ3) is 9.66. The van der Waals surface area contributed by atoms with Crippen LogP contribution in [-0.2, 0) is 9.53 Å². The van der Waals surface area contributed by atoms with Crippen LogP contribution in [-0.4, -0.2) is 26.1 Å². The van der Waals surface area contributed by atoms with Gasteiger partial charge in [-0.15, -0.1) is 11.8 Å². The standard InChI is InChI=1S/C9H10O2.C4H8S.CH2O/c1-7-3-5-8(6-4-7)9(10)11-2;1-3-4-5-2;1-2/h3-6H,1-2H3;3-4H,1-2H3;1H2/b;4-3-;. The minimum absolute atomic E-state index is 0.287. The lowest BCUT2D eigenvalue weighted by Crippen LogP contribution is -2.00. The van der Waals surface area contributed by atoms with Crippen molar-refractivity contribution in [2.45, 2.75) is 13.8 Å². The minimum atomic E-state index is -0.287. The Labute approximate surface area is 113 Å². The van der Waals surface area contributed by atoms with E-state index in [9.17, 15) is 4.79 Å². The normalized spacial score (nSPS) is 8.67. The van der Waals surface area contributed by atoms with E-state index in [0.29, 0.717) is 5.56 Å². The largest absolute Gasteiger partial charge is 0.465 e. The number of carbonyl (C=O) groups excluding carboxylic acids is 2. The molecule has 0 heterocycles. The van der Waals surface area contributed by atoms with Crippen LogP contribution in [0.5, 0.6) is 0 Å². The predicted molar refractivity (Wildman–Crippen MR) is 78.0 cm³/mol. The highest BCUT2D eigenvalue weighted by Crippen LogP contribution is 2.03. The van der Waals surface area contributed by atoms with E-state index in [4.69, 9.17) is 4.79 Å². The maximum Gasteiger partial charge on any atom is 0.337 e. The number of methoxy groups -OCH3 is 1. The number of thioether (sulfide) groups is 1. The van der Waals surface area contributed by atoms with E-state index >= 15 is 0 Å². The number of carbonyl (C=O) groups is 2. The summed E-state index contributed by atoms with van der Waals surface area (Å²) in [6.45, 7) is 5.98. The molecule has 0 radical (unpaired) electrons. The van der Waals surface area contributed by atoms with Crippen molar-refractivity contribution in [3.63, 3.8) is 0 Å². The fraction of sp³-hybridized carbons (Fsp3) is 0.286. The molecule has 0 aromatic heterocycles. The van der Waals surface area contributed by atoms with Crippen molar-refractivity contribution in [1.82, 2.24) is 0 Å². The van der Waals surface area contributed by atoms with Gasteiger partial charge in [0, 0.05) is 0 Å². The van der Waals surface area contributed by atoms with Crippen LogP contribution in [0.2, 0.25) is 0 Å². The average Bonchev–Trinajstić information content (AvgIpc) is 2.42. The van der Waals surface area contributed by atoms with Crippen LogP contribution in [0.25, 0.3) is 0 Å². The second-order valence-corrected chi connectivity index (χ2v) is 3.81. The lowest BCUT2D eigenvalue weighted by atomic mass is 10.2. The van der Waals surface area contributed by atoms with Crippen molar-refractivity contribution < 1.29 is 14.3 Å². The Morgan fingerprint density at radius 1 is 1.28 bits per heavy atom. The monoisotopic (exact) mass is 268 g/mol. The SMILES string of the molecule is C/C=C\SC.C=O.COC(=O)c1ccc(C)cc1. The van der Waals surface area contributed by atoms with Gasteiger partial charge in [0.25, 0.3) is 0 Å².